The van der Waals surface area contributed by atoms with Gasteiger partial charge in [-0.3, -0.25) is 19.2 Å². The molecular weight excluding hydrogens is 514 g/mol. The highest BCUT2D eigenvalue weighted by molar-refractivity contribution is 6.01. The van der Waals surface area contributed by atoms with Gasteiger partial charge in [-0.25, -0.2) is 4.79 Å². The molecule has 0 aromatic heterocycles. The van der Waals surface area contributed by atoms with Gasteiger partial charge in [0.15, 0.2) is 0 Å². The Morgan fingerprint density at radius 1 is 0.750 bits per heavy atom. The van der Waals surface area contributed by atoms with E-state index in [9.17, 15) is 24.0 Å². The van der Waals surface area contributed by atoms with Crippen molar-refractivity contribution in [3.63, 3.8) is 0 Å². The number of urea groups is 1. The molecule has 0 saturated heterocycles. The van der Waals surface area contributed by atoms with Crippen molar-refractivity contribution < 1.29 is 29.1 Å². The van der Waals surface area contributed by atoms with Gasteiger partial charge < -0.3 is 30.9 Å². The van der Waals surface area contributed by atoms with Gasteiger partial charge in [-0.05, 0) is 55.0 Å². The van der Waals surface area contributed by atoms with Gasteiger partial charge in [0.25, 0.3) is 5.91 Å². The number of nitrogens with zero attached hydrogens (tertiary/aromatic N) is 2. The zero-order chi connectivity index (χ0) is 29.1. The number of rotatable bonds is 11. The third-order valence-electron chi connectivity index (χ3n) is 5.86. The molecule has 0 atom stereocenters. The molecule has 3 aromatic rings. The number of amides is 5. The Balaban J connectivity index is 1.51. The predicted molar refractivity (Wildman–Crippen MR) is 151 cm³/mol. The Labute approximate surface area is 231 Å². The molecule has 208 valence electrons. The van der Waals surface area contributed by atoms with Crippen LogP contribution in [0.3, 0.4) is 0 Å². The molecule has 0 spiro atoms. The molecule has 3 rings (SSSR count). The molecule has 4 N–H and O–H groups in total. The quantitative estimate of drug-likeness (QED) is 0.289. The van der Waals surface area contributed by atoms with Gasteiger partial charge >= 0.3 is 12.0 Å². The standard InChI is InChI=1S/C29H31N5O6/c1-20-8-6-7-11-24(20)32-29(40)31-23-14-12-22(13-15-23)30-25(35)18-33(2)26(36)19-34(17-16-27(37)38)28(39)21-9-4-3-5-10-21/h3-15H,16-19H2,1-2H3,(H,30,35)(H,37,38)(H2,31,32,40). The normalized spacial score (nSPS) is 10.2. The van der Waals surface area contributed by atoms with Crippen LogP contribution in [0.5, 0.6) is 0 Å². The van der Waals surface area contributed by atoms with Crippen LogP contribution < -0.4 is 16.0 Å². The summed E-state index contributed by atoms with van der Waals surface area (Å²) in [5.74, 6) is -2.57. The molecule has 0 aliphatic rings. The molecule has 0 saturated carbocycles. The average molecular weight is 546 g/mol. The minimum Gasteiger partial charge on any atom is -0.481 e. The monoisotopic (exact) mass is 545 g/mol. The summed E-state index contributed by atoms with van der Waals surface area (Å²) in [6.45, 7) is 1.07. The van der Waals surface area contributed by atoms with E-state index < -0.39 is 29.7 Å². The van der Waals surface area contributed by atoms with E-state index in [0.29, 0.717) is 22.6 Å². The fraction of sp³-hybridized carbons (Fsp3) is 0.207. The molecule has 0 bridgehead atoms. The third-order valence-corrected chi connectivity index (χ3v) is 5.86. The maximum atomic E-state index is 12.8. The highest BCUT2D eigenvalue weighted by atomic mass is 16.4. The van der Waals surface area contributed by atoms with E-state index in [2.05, 4.69) is 16.0 Å². The lowest BCUT2D eigenvalue weighted by molar-refractivity contribution is -0.138. The van der Waals surface area contributed by atoms with Gasteiger partial charge in [0.2, 0.25) is 11.8 Å². The summed E-state index contributed by atoms with van der Waals surface area (Å²) in [7, 11) is 1.42. The van der Waals surface area contributed by atoms with E-state index in [1.807, 2.05) is 25.1 Å². The number of hydrogen-bond donors (Lipinski definition) is 4. The van der Waals surface area contributed by atoms with Crippen LogP contribution in [0, 0.1) is 6.92 Å². The lowest BCUT2D eigenvalue weighted by Crippen LogP contribution is -2.44. The van der Waals surface area contributed by atoms with Crippen LogP contribution in [0.2, 0.25) is 0 Å². The summed E-state index contributed by atoms with van der Waals surface area (Å²) in [6.07, 6.45) is -0.325. The second kappa shape index (κ2) is 14.1. The first-order valence-electron chi connectivity index (χ1n) is 12.5. The summed E-state index contributed by atoms with van der Waals surface area (Å²) in [4.78, 5) is 63.8. The Morgan fingerprint density at radius 3 is 1.98 bits per heavy atom. The highest BCUT2D eigenvalue weighted by Crippen LogP contribution is 2.16. The minimum absolute atomic E-state index is 0.155. The zero-order valence-electron chi connectivity index (χ0n) is 22.2. The SMILES string of the molecule is Cc1ccccc1NC(=O)Nc1ccc(NC(=O)CN(C)C(=O)CN(CCC(=O)O)C(=O)c2ccccc2)cc1. The van der Waals surface area contributed by atoms with Crippen molar-refractivity contribution >= 4 is 46.8 Å². The van der Waals surface area contributed by atoms with E-state index in [0.717, 1.165) is 15.4 Å². The fourth-order valence-corrected chi connectivity index (χ4v) is 3.67. The largest absolute Gasteiger partial charge is 0.481 e. The van der Waals surface area contributed by atoms with Gasteiger partial charge in [-0.2, -0.15) is 0 Å². The molecule has 5 amide bonds. The maximum absolute atomic E-state index is 12.8. The number of carbonyl (C=O) groups is 5. The Hall–Kier alpha value is -5.19. The number of hydrogen-bond acceptors (Lipinski definition) is 5. The first-order chi connectivity index (χ1) is 19.1. The summed E-state index contributed by atoms with van der Waals surface area (Å²) in [6, 6.07) is 21.7. The molecule has 11 nitrogen and oxygen atoms in total. The van der Waals surface area contributed by atoms with Crippen molar-refractivity contribution in [2.75, 3.05) is 42.6 Å². The van der Waals surface area contributed by atoms with E-state index in [-0.39, 0.29) is 26.1 Å². The predicted octanol–water partition coefficient (Wildman–Crippen LogP) is 3.65. The summed E-state index contributed by atoms with van der Waals surface area (Å²) in [5, 5.41) is 17.2. The number of carboxylic acid groups (broad SMARTS) is 1. The zero-order valence-corrected chi connectivity index (χ0v) is 22.2. The molecule has 3 aromatic carbocycles. The number of nitrogens with one attached hydrogen (secondary N) is 3. The molecule has 0 heterocycles. The summed E-state index contributed by atoms with van der Waals surface area (Å²) >= 11 is 0. The van der Waals surface area contributed by atoms with E-state index in [1.165, 1.54) is 7.05 Å². The lowest BCUT2D eigenvalue weighted by Gasteiger charge is -2.25. The molecule has 11 heteroatoms. The van der Waals surface area contributed by atoms with Crippen LogP contribution in [0.1, 0.15) is 22.3 Å². The lowest BCUT2D eigenvalue weighted by atomic mass is 10.2. The Bertz CT molecular complexity index is 1360. The number of likely N-dealkylation sites (N-methyl/N-ethyl adjacent to an activating group) is 1. The highest BCUT2D eigenvalue weighted by Gasteiger charge is 2.22. The van der Waals surface area contributed by atoms with Gasteiger partial charge in [-0.1, -0.05) is 36.4 Å². The average Bonchev–Trinajstić information content (AvgIpc) is 2.93. The Morgan fingerprint density at radius 2 is 1.35 bits per heavy atom. The van der Waals surface area contributed by atoms with Gasteiger partial charge in [0.1, 0.15) is 6.54 Å². The number of carboxylic acids is 1. The van der Waals surface area contributed by atoms with Crippen molar-refractivity contribution in [1.82, 2.24) is 9.80 Å². The van der Waals surface area contributed by atoms with Gasteiger partial charge in [0.05, 0.1) is 13.0 Å². The van der Waals surface area contributed by atoms with Crippen molar-refractivity contribution in [2.24, 2.45) is 0 Å². The summed E-state index contributed by atoms with van der Waals surface area (Å²) < 4.78 is 0. The van der Waals surface area contributed by atoms with Crippen molar-refractivity contribution in [3.8, 4) is 0 Å². The number of benzene rings is 3. The van der Waals surface area contributed by atoms with Crippen LogP contribution in [0.4, 0.5) is 21.9 Å². The molecule has 0 aliphatic heterocycles. The van der Waals surface area contributed by atoms with E-state index in [1.54, 1.807) is 60.7 Å². The minimum atomic E-state index is -1.10. The molecule has 0 radical (unpaired) electrons. The van der Waals surface area contributed by atoms with Crippen molar-refractivity contribution in [2.45, 2.75) is 13.3 Å². The number of carbonyl (C=O) groups excluding carboxylic acids is 4. The van der Waals surface area contributed by atoms with Crippen LogP contribution in [0.15, 0.2) is 78.9 Å². The molecule has 40 heavy (non-hydrogen) atoms. The van der Waals surface area contributed by atoms with Crippen LogP contribution in [-0.2, 0) is 14.4 Å². The third kappa shape index (κ3) is 8.98. The van der Waals surface area contributed by atoms with Crippen molar-refractivity contribution in [1.29, 1.82) is 0 Å². The van der Waals surface area contributed by atoms with Crippen LogP contribution in [0.25, 0.3) is 0 Å². The molecule has 0 fully saturated rings. The smallest absolute Gasteiger partial charge is 0.323 e. The number of para-hydroxylation sites is 1. The van der Waals surface area contributed by atoms with Crippen molar-refractivity contribution in [3.05, 3.63) is 90.0 Å². The number of aryl methyl sites for hydroxylation is 1. The molecular formula is C29H31N5O6. The van der Waals surface area contributed by atoms with Gasteiger partial charge in [0, 0.05) is 36.2 Å². The van der Waals surface area contributed by atoms with Crippen LogP contribution in [-0.4, -0.2) is 71.3 Å². The maximum Gasteiger partial charge on any atom is 0.323 e. The molecule has 0 unspecified atom stereocenters. The Kier molecular flexibility index (Phi) is 10.4. The molecule has 0 aliphatic carbocycles. The van der Waals surface area contributed by atoms with Gasteiger partial charge in [-0.15, -0.1) is 0 Å². The number of anilines is 3. The van der Waals surface area contributed by atoms with Crippen LogP contribution >= 0.6 is 0 Å². The first kappa shape index (κ1) is 29.4. The second-order valence-electron chi connectivity index (χ2n) is 9.01. The van der Waals surface area contributed by atoms with E-state index >= 15 is 0 Å². The second-order valence-corrected chi connectivity index (χ2v) is 9.01. The van der Waals surface area contributed by atoms with E-state index in [4.69, 9.17) is 5.11 Å². The summed E-state index contributed by atoms with van der Waals surface area (Å²) in [5.41, 5.74) is 2.91. The first-order valence-corrected chi connectivity index (χ1v) is 12.5. The number of aliphatic carboxylic acids is 1. The topological polar surface area (TPSA) is 148 Å². The fourth-order valence-electron chi connectivity index (χ4n) is 3.67.